The van der Waals surface area contributed by atoms with Crippen molar-refractivity contribution < 1.29 is 18.5 Å². The van der Waals surface area contributed by atoms with Gasteiger partial charge in [-0.25, -0.2) is 4.57 Å². The molecule has 136 valence electrons. The lowest BCUT2D eigenvalue weighted by atomic mass is 9.87. The van der Waals surface area contributed by atoms with Crippen LogP contribution in [-0.4, -0.2) is 4.89 Å². The minimum Gasteiger partial charge on any atom is -0.395 e. The summed E-state index contributed by atoms with van der Waals surface area (Å²) < 4.78 is 22.9. The van der Waals surface area contributed by atoms with Gasteiger partial charge in [0.05, 0.1) is 0 Å². The minimum absolute atomic E-state index is 0.0826. The predicted octanol–water partition coefficient (Wildman–Crippen LogP) is 5.84. The quantitative estimate of drug-likeness (QED) is 0.694. The van der Waals surface area contributed by atoms with Crippen LogP contribution in [0.4, 0.5) is 0 Å². The summed E-state index contributed by atoms with van der Waals surface area (Å²) in [7, 11) is -4.28. The fourth-order valence-electron chi connectivity index (χ4n) is 2.32. The Morgan fingerprint density at radius 2 is 1.12 bits per heavy atom. The molecule has 0 amide bonds. The van der Waals surface area contributed by atoms with Gasteiger partial charge in [-0.1, -0.05) is 65.8 Å². The Morgan fingerprint density at radius 3 is 1.44 bits per heavy atom. The highest BCUT2D eigenvalue weighted by Crippen LogP contribution is 2.45. The molecule has 0 heterocycles. The van der Waals surface area contributed by atoms with Crippen molar-refractivity contribution in [3.8, 4) is 11.5 Å². The first-order valence-corrected chi connectivity index (χ1v) is 9.79. The van der Waals surface area contributed by atoms with Crippen molar-refractivity contribution in [2.75, 3.05) is 0 Å². The molecule has 2 rings (SSSR count). The van der Waals surface area contributed by atoms with E-state index in [-0.39, 0.29) is 10.8 Å². The average molecular weight is 362 g/mol. The molecule has 0 aromatic heterocycles. The van der Waals surface area contributed by atoms with E-state index >= 15 is 0 Å². The molecule has 0 saturated heterocycles. The number of phosphoric acid groups is 1. The van der Waals surface area contributed by atoms with Crippen LogP contribution in [0.5, 0.6) is 11.5 Å². The van der Waals surface area contributed by atoms with Crippen LogP contribution in [0.15, 0.2) is 48.5 Å². The van der Waals surface area contributed by atoms with E-state index in [9.17, 15) is 9.46 Å². The van der Waals surface area contributed by atoms with Crippen LogP contribution < -0.4 is 9.05 Å². The zero-order valence-corrected chi connectivity index (χ0v) is 16.6. The number of rotatable bonds is 4. The molecule has 25 heavy (non-hydrogen) atoms. The van der Waals surface area contributed by atoms with Gasteiger partial charge in [0.25, 0.3) is 0 Å². The van der Waals surface area contributed by atoms with Crippen LogP contribution in [0.2, 0.25) is 0 Å². The van der Waals surface area contributed by atoms with Crippen LogP contribution in [0.25, 0.3) is 0 Å². The zero-order chi connectivity index (χ0) is 18.9. The molecular formula is C20H27O4P. The molecule has 0 bridgehead atoms. The van der Waals surface area contributed by atoms with Crippen LogP contribution in [0.3, 0.4) is 0 Å². The molecule has 4 nitrogen and oxygen atoms in total. The largest absolute Gasteiger partial charge is 0.584 e. The first kappa shape index (κ1) is 19.6. The van der Waals surface area contributed by atoms with Crippen molar-refractivity contribution in [1.29, 1.82) is 0 Å². The summed E-state index contributed by atoms with van der Waals surface area (Å²) in [6.07, 6.45) is 0. The van der Waals surface area contributed by atoms with Gasteiger partial charge in [0.1, 0.15) is 11.5 Å². The molecule has 0 aliphatic rings. The Morgan fingerprint density at radius 1 is 0.760 bits per heavy atom. The minimum atomic E-state index is -4.28. The Hall–Kier alpha value is -1.77. The lowest BCUT2D eigenvalue weighted by molar-refractivity contribution is 0.290. The van der Waals surface area contributed by atoms with E-state index in [1.165, 1.54) is 0 Å². The normalized spacial score (nSPS) is 12.8. The van der Waals surface area contributed by atoms with Crippen molar-refractivity contribution in [2.24, 2.45) is 0 Å². The Balaban J connectivity index is 2.19. The smallest absolute Gasteiger partial charge is 0.395 e. The molecular weight excluding hydrogens is 335 g/mol. The van der Waals surface area contributed by atoms with E-state index in [1.54, 1.807) is 36.4 Å². The first-order chi connectivity index (χ1) is 11.4. The van der Waals surface area contributed by atoms with Gasteiger partial charge < -0.3 is 9.05 Å². The molecule has 0 unspecified atom stereocenters. The van der Waals surface area contributed by atoms with Crippen LogP contribution >= 0.6 is 7.82 Å². The summed E-state index contributed by atoms with van der Waals surface area (Å²) in [5.74, 6) is 0.621. The number of benzene rings is 2. The Labute approximate surface area is 150 Å². The predicted molar refractivity (Wildman–Crippen MR) is 101 cm³/mol. The molecule has 0 aliphatic carbocycles. The van der Waals surface area contributed by atoms with E-state index < -0.39 is 7.82 Å². The third-order valence-corrected chi connectivity index (χ3v) is 4.72. The monoisotopic (exact) mass is 362 g/mol. The summed E-state index contributed by atoms with van der Waals surface area (Å²) in [5.41, 5.74) is 1.86. The van der Waals surface area contributed by atoms with Crippen LogP contribution in [0, 0.1) is 0 Å². The highest BCUT2D eigenvalue weighted by Gasteiger charge is 2.26. The van der Waals surface area contributed by atoms with Gasteiger partial charge in [-0.2, -0.15) is 0 Å². The van der Waals surface area contributed by atoms with Gasteiger partial charge in [-0.05, 0) is 46.2 Å². The third kappa shape index (κ3) is 5.62. The standard InChI is InChI=1S/C20H27O4P/c1-19(2,3)15-9-7-11-17(13-15)23-25(21,22)24-18-12-8-10-16(14-18)20(4,5)6/h7-14H,1-6H3,(H,21,22). The fourth-order valence-corrected chi connectivity index (χ4v) is 3.12. The van der Waals surface area contributed by atoms with Crippen molar-refractivity contribution in [3.05, 3.63) is 59.7 Å². The van der Waals surface area contributed by atoms with Crippen LogP contribution in [0.1, 0.15) is 52.7 Å². The lowest BCUT2D eigenvalue weighted by Crippen LogP contribution is -2.11. The Kier molecular flexibility index (Phi) is 5.36. The zero-order valence-electron chi connectivity index (χ0n) is 15.7. The van der Waals surface area contributed by atoms with Gasteiger partial charge in [-0.15, -0.1) is 0 Å². The van der Waals surface area contributed by atoms with Gasteiger partial charge in [0.2, 0.25) is 0 Å². The summed E-state index contributed by atoms with van der Waals surface area (Å²) in [5, 5.41) is 0. The topological polar surface area (TPSA) is 55.8 Å². The van der Waals surface area contributed by atoms with E-state index in [0.717, 1.165) is 11.1 Å². The molecule has 0 fully saturated rings. The van der Waals surface area contributed by atoms with Crippen molar-refractivity contribution >= 4 is 7.82 Å². The maximum absolute atomic E-state index is 12.4. The number of hydrogen-bond acceptors (Lipinski definition) is 3. The first-order valence-electron chi connectivity index (χ1n) is 8.30. The second-order valence-corrected chi connectivity index (χ2v) is 9.51. The highest BCUT2D eigenvalue weighted by molar-refractivity contribution is 7.48. The van der Waals surface area contributed by atoms with E-state index in [1.807, 2.05) is 12.1 Å². The number of phosphoric ester groups is 1. The second-order valence-electron chi connectivity index (χ2n) is 8.21. The maximum Gasteiger partial charge on any atom is 0.584 e. The van der Waals surface area contributed by atoms with E-state index in [2.05, 4.69) is 41.5 Å². The van der Waals surface area contributed by atoms with E-state index in [0.29, 0.717) is 11.5 Å². The lowest BCUT2D eigenvalue weighted by Gasteiger charge is -2.21. The summed E-state index contributed by atoms with van der Waals surface area (Å²) in [4.78, 5) is 10.1. The van der Waals surface area contributed by atoms with Crippen molar-refractivity contribution in [2.45, 2.75) is 52.4 Å². The van der Waals surface area contributed by atoms with Crippen molar-refractivity contribution in [1.82, 2.24) is 0 Å². The molecule has 0 radical (unpaired) electrons. The average Bonchev–Trinajstić information content (AvgIpc) is 2.45. The molecule has 0 saturated carbocycles. The fraction of sp³-hybridized carbons (Fsp3) is 0.400. The van der Waals surface area contributed by atoms with Gasteiger partial charge >= 0.3 is 7.82 Å². The van der Waals surface area contributed by atoms with E-state index in [4.69, 9.17) is 9.05 Å². The molecule has 0 spiro atoms. The van der Waals surface area contributed by atoms with Gasteiger partial charge in [0.15, 0.2) is 0 Å². The summed E-state index contributed by atoms with van der Waals surface area (Å²) in [6.45, 7) is 12.4. The summed E-state index contributed by atoms with van der Waals surface area (Å²) in [6, 6.07) is 14.3. The van der Waals surface area contributed by atoms with Crippen LogP contribution in [-0.2, 0) is 15.4 Å². The Bertz CT molecular complexity index is 721. The summed E-state index contributed by atoms with van der Waals surface area (Å²) >= 11 is 0. The van der Waals surface area contributed by atoms with Crippen molar-refractivity contribution in [3.63, 3.8) is 0 Å². The SMILES string of the molecule is CC(C)(C)c1cccc(OP(=O)(O)Oc2cccc(C(C)(C)C)c2)c1. The molecule has 5 heteroatoms. The van der Waals surface area contributed by atoms with Gasteiger partial charge in [-0.3, -0.25) is 4.89 Å². The molecule has 0 atom stereocenters. The number of hydrogen-bond donors (Lipinski definition) is 1. The molecule has 2 aromatic carbocycles. The third-order valence-electron chi connectivity index (χ3n) is 3.84. The molecule has 0 aliphatic heterocycles. The molecule has 1 N–H and O–H groups in total. The molecule has 2 aromatic rings. The second kappa shape index (κ2) is 6.86. The maximum atomic E-state index is 12.4. The highest BCUT2D eigenvalue weighted by atomic mass is 31.2. The van der Waals surface area contributed by atoms with Gasteiger partial charge in [0, 0.05) is 0 Å².